The second-order valence-electron chi connectivity index (χ2n) is 3.07. The topological polar surface area (TPSA) is 59.4 Å². The van der Waals surface area contributed by atoms with Gasteiger partial charge in [0.25, 0.3) is 0 Å². The number of hydrogen-bond donors (Lipinski definition) is 1. The van der Waals surface area contributed by atoms with Gasteiger partial charge in [0.05, 0.1) is 13.2 Å². The highest BCUT2D eigenvalue weighted by Gasteiger charge is 2.04. The highest BCUT2D eigenvalue weighted by Crippen LogP contribution is 2.23. The second-order valence-corrected chi connectivity index (χ2v) is 4.06. The molecule has 4 nitrogen and oxygen atoms in total. The predicted molar refractivity (Wildman–Crippen MR) is 62.0 cm³/mol. The molecule has 1 aromatic carbocycles. The molecule has 0 saturated carbocycles. The van der Waals surface area contributed by atoms with Gasteiger partial charge in [0.1, 0.15) is 10.8 Å². The van der Waals surface area contributed by atoms with Crippen molar-refractivity contribution in [1.29, 1.82) is 0 Å². The summed E-state index contributed by atoms with van der Waals surface area (Å²) in [6, 6.07) is 8.22. The van der Waals surface area contributed by atoms with Crippen LogP contribution in [0.5, 0.6) is 11.6 Å². The van der Waals surface area contributed by atoms with E-state index in [4.69, 9.17) is 4.74 Å². The maximum atomic E-state index is 11.2. The summed E-state index contributed by atoms with van der Waals surface area (Å²) in [5.74, 6) is 0.478. The molecule has 0 amide bonds. The summed E-state index contributed by atoms with van der Waals surface area (Å²) in [7, 11) is 1.58. The third-order valence-electron chi connectivity index (χ3n) is 2.00. The Morgan fingerprint density at radius 1 is 1.31 bits per heavy atom. The van der Waals surface area contributed by atoms with Crippen LogP contribution in [0.25, 0.3) is 10.6 Å². The van der Waals surface area contributed by atoms with E-state index < -0.39 is 0 Å². The van der Waals surface area contributed by atoms with E-state index in [0.29, 0.717) is 5.01 Å². The van der Waals surface area contributed by atoms with Crippen LogP contribution in [-0.2, 0) is 0 Å². The highest BCUT2D eigenvalue weighted by atomic mass is 32.1. The van der Waals surface area contributed by atoms with E-state index in [1.54, 1.807) is 31.4 Å². The molecule has 2 rings (SSSR count). The highest BCUT2D eigenvalue weighted by molar-refractivity contribution is 7.12. The van der Waals surface area contributed by atoms with Crippen molar-refractivity contribution in [3.63, 3.8) is 0 Å². The van der Waals surface area contributed by atoms with Crippen molar-refractivity contribution in [1.82, 2.24) is 4.98 Å². The zero-order valence-electron chi connectivity index (χ0n) is 8.51. The first-order valence-electron chi connectivity index (χ1n) is 4.54. The summed E-state index contributed by atoms with van der Waals surface area (Å²) in [6.45, 7) is 0. The van der Waals surface area contributed by atoms with E-state index in [9.17, 15) is 9.90 Å². The zero-order chi connectivity index (χ0) is 11.5. The fourth-order valence-electron chi connectivity index (χ4n) is 1.25. The van der Waals surface area contributed by atoms with Crippen LogP contribution in [0, 0.1) is 0 Å². The van der Waals surface area contributed by atoms with E-state index in [0.717, 1.165) is 28.7 Å². The first kappa shape index (κ1) is 10.6. The number of hydrogen-bond acceptors (Lipinski definition) is 5. The molecule has 0 spiro atoms. The van der Waals surface area contributed by atoms with Gasteiger partial charge in [0.2, 0.25) is 10.6 Å². The Bertz CT molecular complexity index is 548. The Hall–Kier alpha value is -1.88. The number of nitrogens with zero attached hydrogens (tertiary/aromatic N) is 1. The number of rotatable bonds is 2. The van der Waals surface area contributed by atoms with Gasteiger partial charge in [0.15, 0.2) is 0 Å². The normalized spacial score (nSPS) is 10.1. The average molecular weight is 235 g/mol. The van der Waals surface area contributed by atoms with Crippen molar-refractivity contribution in [3.05, 3.63) is 39.9 Å². The largest absolute Gasteiger partial charge is 0.497 e. The number of methoxy groups -OCH3 is 1. The summed E-state index contributed by atoms with van der Waals surface area (Å²) in [4.78, 5) is 15.1. The molecule has 16 heavy (non-hydrogen) atoms. The molecule has 1 heterocycles. The molecule has 0 saturated heterocycles. The molecular formula is C11H9NO3S. The maximum absolute atomic E-state index is 11.2. The zero-order valence-corrected chi connectivity index (χ0v) is 9.32. The Morgan fingerprint density at radius 2 is 2.00 bits per heavy atom. The van der Waals surface area contributed by atoms with Crippen LogP contribution < -0.4 is 9.48 Å². The van der Waals surface area contributed by atoms with E-state index in [1.807, 2.05) is 0 Å². The molecule has 2 aromatic rings. The lowest BCUT2D eigenvalue weighted by Crippen LogP contribution is -1.94. The smallest absolute Gasteiger partial charge is 0.239 e. The third kappa shape index (κ3) is 2.20. The van der Waals surface area contributed by atoms with Crippen LogP contribution >= 0.6 is 11.3 Å². The molecule has 0 fully saturated rings. The fourth-order valence-corrected chi connectivity index (χ4v) is 1.99. The van der Waals surface area contributed by atoms with E-state index in [2.05, 4.69) is 4.98 Å². The molecule has 0 unspecified atom stereocenters. The van der Waals surface area contributed by atoms with Gasteiger partial charge in [-0.15, -0.1) is 0 Å². The molecule has 0 bridgehead atoms. The third-order valence-corrected chi connectivity index (χ3v) is 2.84. The molecule has 0 aliphatic heterocycles. The lowest BCUT2D eigenvalue weighted by molar-refractivity contribution is 0.415. The molecule has 82 valence electrons. The van der Waals surface area contributed by atoms with Crippen LogP contribution in [0.4, 0.5) is 0 Å². The van der Waals surface area contributed by atoms with Crippen LogP contribution in [-0.4, -0.2) is 17.2 Å². The Balaban J connectivity index is 2.46. The van der Waals surface area contributed by atoms with Gasteiger partial charge in [-0.3, -0.25) is 4.79 Å². The summed E-state index contributed by atoms with van der Waals surface area (Å²) >= 11 is 0.991. The maximum Gasteiger partial charge on any atom is 0.239 e. The van der Waals surface area contributed by atoms with Crippen molar-refractivity contribution >= 4 is 11.3 Å². The fraction of sp³-hybridized carbons (Fsp3) is 0.0909. The molecular weight excluding hydrogens is 226 g/mol. The van der Waals surface area contributed by atoms with E-state index in [1.165, 1.54) is 0 Å². The summed E-state index contributed by atoms with van der Waals surface area (Å²) in [5, 5.41) is 9.72. The summed E-state index contributed by atoms with van der Waals surface area (Å²) in [5.41, 5.74) is 0.777. The predicted octanol–water partition coefficient (Wildman–Crippen LogP) is 1.88. The first-order valence-corrected chi connectivity index (χ1v) is 5.36. The van der Waals surface area contributed by atoms with Gasteiger partial charge in [0, 0.05) is 5.56 Å². The molecule has 1 N–H and O–H groups in total. The van der Waals surface area contributed by atoms with Gasteiger partial charge in [-0.25, -0.2) is 4.98 Å². The Labute approximate surface area is 95.8 Å². The molecule has 0 aliphatic rings. The summed E-state index contributed by atoms with van der Waals surface area (Å²) in [6.07, 6.45) is 0. The lowest BCUT2D eigenvalue weighted by atomic mass is 10.2. The second kappa shape index (κ2) is 4.32. The van der Waals surface area contributed by atoms with E-state index in [-0.39, 0.29) is 10.6 Å². The molecule has 1 aromatic heterocycles. The summed E-state index contributed by atoms with van der Waals surface area (Å²) < 4.78 is 4.80. The lowest BCUT2D eigenvalue weighted by Gasteiger charge is -2.02. The van der Waals surface area contributed by atoms with Gasteiger partial charge < -0.3 is 9.84 Å². The number of ether oxygens (including phenoxy) is 1. The van der Waals surface area contributed by atoms with Crippen molar-refractivity contribution < 1.29 is 9.84 Å². The van der Waals surface area contributed by atoms with Crippen molar-refractivity contribution in [2.75, 3.05) is 7.11 Å². The SMILES string of the molecule is COc1ccc(-c2nc(O)cc(=O)s2)cc1. The van der Waals surface area contributed by atoms with Crippen LogP contribution in [0.15, 0.2) is 35.1 Å². The molecule has 0 aliphatic carbocycles. The standard InChI is InChI=1S/C11H9NO3S/c1-15-8-4-2-7(3-5-8)11-12-9(13)6-10(14)16-11/h2-6,13H,1H3. The number of aromatic hydroxyl groups is 1. The minimum atomic E-state index is -0.255. The van der Waals surface area contributed by atoms with Gasteiger partial charge >= 0.3 is 0 Å². The van der Waals surface area contributed by atoms with Crippen LogP contribution in [0.3, 0.4) is 0 Å². The minimum Gasteiger partial charge on any atom is -0.497 e. The molecule has 0 radical (unpaired) electrons. The Kier molecular flexibility index (Phi) is 2.87. The van der Waals surface area contributed by atoms with Crippen molar-refractivity contribution in [2.24, 2.45) is 0 Å². The quantitative estimate of drug-likeness (QED) is 0.863. The number of benzene rings is 1. The van der Waals surface area contributed by atoms with Gasteiger partial charge in [-0.05, 0) is 24.3 Å². The number of aromatic nitrogens is 1. The molecule has 5 heteroatoms. The first-order chi connectivity index (χ1) is 7.69. The Morgan fingerprint density at radius 3 is 2.56 bits per heavy atom. The van der Waals surface area contributed by atoms with Gasteiger partial charge in [-0.1, -0.05) is 11.3 Å². The molecule has 0 atom stereocenters. The van der Waals surface area contributed by atoms with Crippen molar-refractivity contribution in [2.45, 2.75) is 0 Å². The van der Waals surface area contributed by atoms with Gasteiger partial charge in [-0.2, -0.15) is 0 Å². The van der Waals surface area contributed by atoms with E-state index >= 15 is 0 Å². The minimum absolute atomic E-state index is 0.224. The van der Waals surface area contributed by atoms with Crippen molar-refractivity contribution in [3.8, 4) is 22.2 Å². The average Bonchev–Trinajstić information content (AvgIpc) is 2.28. The van der Waals surface area contributed by atoms with Crippen LogP contribution in [0.2, 0.25) is 0 Å². The monoisotopic (exact) mass is 235 g/mol. The van der Waals surface area contributed by atoms with Crippen LogP contribution in [0.1, 0.15) is 0 Å².